The Bertz CT molecular complexity index is 739. The summed E-state index contributed by atoms with van der Waals surface area (Å²) in [6, 6.07) is 5.30. The third-order valence-corrected chi connectivity index (χ3v) is 3.46. The first-order chi connectivity index (χ1) is 8.63. The summed E-state index contributed by atoms with van der Waals surface area (Å²) in [6.45, 7) is 0. The highest BCUT2D eigenvalue weighted by Gasteiger charge is 2.09. The lowest BCUT2D eigenvalue weighted by Gasteiger charge is -2.00. The second-order valence-electron chi connectivity index (χ2n) is 3.73. The number of imidazole rings is 1. The van der Waals surface area contributed by atoms with Crippen LogP contribution in [0.25, 0.3) is 17.0 Å². The molecule has 2 heterocycles. The molecule has 0 bridgehead atoms. The van der Waals surface area contributed by atoms with E-state index in [1.807, 2.05) is 16.8 Å². The predicted octanol–water partition coefficient (Wildman–Crippen LogP) is 4.47. The van der Waals surface area contributed by atoms with Crippen LogP contribution in [0.3, 0.4) is 0 Å². The standard InChI is InChI=1S/C12H6BrCl2N3/c13-7-4-16-12-17-11(6-18(12)5-7)9-3-8(14)1-2-10(9)15/h1-6H. The van der Waals surface area contributed by atoms with Crippen molar-refractivity contribution in [2.45, 2.75) is 0 Å². The van der Waals surface area contributed by atoms with Crippen molar-refractivity contribution in [1.29, 1.82) is 0 Å². The number of fused-ring (bicyclic) bond motifs is 1. The van der Waals surface area contributed by atoms with Crippen LogP contribution in [0, 0.1) is 0 Å². The first kappa shape index (κ1) is 12.0. The van der Waals surface area contributed by atoms with E-state index in [9.17, 15) is 0 Å². The van der Waals surface area contributed by atoms with Crippen molar-refractivity contribution in [3.63, 3.8) is 0 Å². The molecule has 0 N–H and O–H groups in total. The van der Waals surface area contributed by atoms with Crippen LogP contribution in [-0.4, -0.2) is 14.4 Å². The maximum Gasteiger partial charge on any atom is 0.234 e. The summed E-state index contributed by atoms with van der Waals surface area (Å²) in [5, 5.41) is 1.24. The third-order valence-electron chi connectivity index (χ3n) is 2.48. The highest BCUT2D eigenvalue weighted by molar-refractivity contribution is 9.10. The van der Waals surface area contributed by atoms with Crippen LogP contribution >= 0.6 is 39.1 Å². The van der Waals surface area contributed by atoms with Gasteiger partial charge in [0.05, 0.1) is 15.2 Å². The van der Waals surface area contributed by atoms with Crippen LogP contribution in [0.2, 0.25) is 10.0 Å². The Balaban J connectivity index is 2.22. The fourth-order valence-electron chi connectivity index (χ4n) is 1.68. The van der Waals surface area contributed by atoms with E-state index in [0.717, 1.165) is 15.7 Å². The minimum absolute atomic E-state index is 0.613. The van der Waals surface area contributed by atoms with Crippen molar-refractivity contribution in [3.8, 4) is 11.3 Å². The van der Waals surface area contributed by atoms with Crippen molar-refractivity contribution in [2.75, 3.05) is 0 Å². The fraction of sp³-hybridized carbons (Fsp3) is 0. The van der Waals surface area contributed by atoms with Gasteiger partial charge in [0.25, 0.3) is 0 Å². The lowest BCUT2D eigenvalue weighted by Crippen LogP contribution is -1.85. The van der Waals surface area contributed by atoms with Gasteiger partial charge in [-0.1, -0.05) is 23.2 Å². The van der Waals surface area contributed by atoms with Gasteiger partial charge in [0, 0.05) is 29.2 Å². The average Bonchev–Trinajstić information content (AvgIpc) is 2.74. The lowest BCUT2D eigenvalue weighted by molar-refractivity contribution is 1.10. The van der Waals surface area contributed by atoms with Crippen LogP contribution in [0.15, 0.2) is 41.3 Å². The molecule has 18 heavy (non-hydrogen) atoms. The molecular formula is C12H6BrCl2N3. The molecule has 6 heteroatoms. The van der Waals surface area contributed by atoms with Gasteiger partial charge < -0.3 is 0 Å². The number of rotatable bonds is 1. The summed E-state index contributed by atoms with van der Waals surface area (Å²) in [4.78, 5) is 8.62. The molecule has 0 fully saturated rings. The van der Waals surface area contributed by atoms with E-state index in [1.165, 1.54) is 0 Å². The molecule has 90 valence electrons. The Morgan fingerprint density at radius 2 is 2.00 bits per heavy atom. The smallest absolute Gasteiger partial charge is 0.234 e. The SMILES string of the molecule is Clc1ccc(Cl)c(-c2cn3cc(Br)cnc3n2)c1. The highest BCUT2D eigenvalue weighted by atomic mass is 79.9. The number of aromatic nitrogens is 3. The lowest BCUT2D eigenvalue weighted by atomic mass is 10.2. The van der Waals surface area contributed by atoms with Gasteiger partial charge in [-0.15, -0.1) is 0 Å². The van der Waals surface area contributed by atoms with Gasteiger partial charge in [0.15, 0.2) is 0 Å². The number of hydrogen-bond donors (Lipinski definition) is 0. The van der Waals surface area contributed by atoms with Crippen LogP contribution < -0.4 is 0 Å². The second-order valence-corrected chi connectivity index (χ2v) is 5.49. The zero-order chi connectivity index (χ0) is 12.7. The molecule has 0 unspecified atom stereocenters. The summed E-state index contributed by atoms with van der Waals surface area (Å²) in [6.07, 6.45) is 5.45. The molecule has 0 aliphatic rings. The molecule has 3 nitrogen and oxygen atoms in total. The summed E-state index contributed by atoms with van der Waals surface area (Å²) in [5.74, 6) is 0.615. The van der Waals surface area contributed by atoms with Crippen LogP contribution in [0.5, 0.6) is 0 Å². The van der Waals surface area contributed by atoms with E-state index >= 15 is 0 Å². The zero-order valence-corrected chi connectivity index (χ0v) is 12.0. The summed E-state index contributed by atoms with van der Waals surface area (Å²) in [5.41, 5.74) is 1.54. The third kappa shape index (κ3) is 2.11. The normalized spacial score (nSPS) is 11.1. The van der Waals surface area contributed by atoms with Gasteiger partial charge in [-0.3, -0.25) is 4.40 Å². The van der Waals surface area contributed by atoms with Gasteiger partial charge in [-0.25, -0.2) is 9.97 Å². The molecule has 1 aromatic carbocycles. The minimum Gasteiger partial charge on any atom is -0.289 e. The van der Waals surface area contributed by atoms with E-state index in [-0.39, 0.29) is 0 Å². The minimum atomic E-state index is 0.613. The summed E-state index contributed by atoms with van der Waals surface area (Å²) >= 11 is 15.5. The molecule has 0 aliphatic heterocycles. The summed E-state index contributed by atoms with van der Waals surface area (Å²) in [7, 11) is 0. The largest absolute Gasteiger partial charge is 0.289 e. The summed E-state index contributed by atoms with van der Waals surface area (Å²) < 4.78 is 2.72. The molecule has 0 aliphatic carbocycles. The topological polar surface area (TPSA) is 30.2 Å². The van der Waals surface area contributed by atoms with Gasteiger partial charge in [0.1, 0.15) is 0 Å². The van der Waals surface area contributed by atoms with Crippen molar-refractivity contribution in [1.82, 2.24) is 14.4 Å². The zero-order valence-electron chi connectivity index (χ0n) is 8.94. The number of benzene rings is 1. The second kappa shape index (κ2) is 4.53. The molecular weight excluding hydrogens is 337 g/mol. The Morgan fingerprint density at radius 1 is 1.17 bits per heavy atom. The molecule has 0 atom stereocenters. The Labute approximate surface area is 122 Å². The Hall–Kier alpha value is -1.10. The Kier molecular flexibility index (Phi) is 3.01. The molecule has 0 saturated heterocycles. The molecule has 2 aromatic heterocycles. The van der Waals surface area contributed by atoms with Gasteiger partial charge in [-0.2, -0.15) is 0 Å². The van der Waals surface area contributed by atoms with Gasteiger partial charge in [0.2, 0.25) is 5.78 Å². The van der Waals surface area contributed by atoms with E-state index in [4.69, 9.17) is 23.2 Å². The van der Waals surface area contributed by atoms with Crippen molar-refractivity contribution >= 4 is 44.9 Å². The highest BCUT2D eigenvalue weighted by Crippen LogP contribution is 2.30. The van der Waals surface area contributed by atoms with Crippen LogP contribution in [0.4, 0.5) is 0 Å². The molecule has 3 rings (SSSR count). The van der Waals surface area contributed by atoms with E-state index < -0.39 is 0 Å². The maximum atomic E-state index is 6.15. The van der Waals surface area contributed by atoms with E-state index in [0.29, 0.717) is 15.8 Å². The molecule has 0 amide bonds. The fourth-order valence-corrected chi connectivity index (χ4v) is 2.39. The Morgan fingerprint density at radius 3 is 2.83 bits per heavy atom. The van der Waals surface area contributed by atoms with Gasteiger partial charge >= 0.3 is 0 Å². The molecule has 3 aromatic rings. The quantitative estimate of drug-likeness (QED) is 0.653. The predicted molar refractivity (Wildman–Crippen MR) is 76.1 cm³/mol. The monoisotopic (exact) mass is 341 g/mol. The first-order valence-electron chi connectivity index (χ1n) is 5.09. The average molecular weight is 343 g/mol. The van der Waals surface area contributed by atoms with Crippen LogP contribution in [-0.2, 0) is 0 Å². The molecule has 0 radical (unpaired) electrons. The van der Waals surface area contributed by atoms with Gasteiger partial charge in [-0.05, 0) is 34.1 Å². The maximum absolute atomic E-state index is 6.15. The molecule has 0 saturated carbocycles. The van der Waals surface area contributed by atoms with E-state index in [2.05, 4.69) is 25.9 Å². The van der Waals surface area contributed by atoms with Crippen molar-refractivity contribution < 1.29 is 0 Å². The number of nitrogens with zero attached hydrogens (tertiary/aromatic N) is 3. The van der Waals surface area contributed by atoms with E-state index in [1.54, 1.807) is 24.4 Å². The molecule has 0 spiro atoms. The van der Waals surface area contributed by atoms with Crippen molar-refractivity contribution in [2.24, 2.45) is 0 Å². The first-order valence-corrected chi connectivity index (χ1v) is 6.64. The van der Waals surface area contributed by atoms with Crippen LogP contribution in [0.1, 0.15) is 0 Å². The number of hydrogen-bond acceptors (Lipinski definition) is 2. The van der Waals surface area contributed by atoms with Crippen molar-refractivity contribution in [3.05, 3.63) is 51.3 Å². The number of halogens is 3.